The summed E-state index contributed by atoms with van der Waals surface area (Å²) in [7, 11) is -3.10. The molecule has 1 atom stereocenters. The predicted octanol–water partition coefficient (Wildman–Crippen LogP) is 0.822. The van der Waals surface area contributed by atoms with E-state index in [-0.39, 0.29) is 0 Å². The molecule has 1 aliphatic heterocycles. The molecule has 1 aromatic rings. The topological polar surface area (TPSA) is 60.9 Å². The molecular weight excluding hydrogens is 264 g/mol. The summed E-state index contributed by atoms with van der Waals surface area (Å²) in [6, 6.07) is 7.71. The monoisotopic (exact) mass is 284 g/mol. The Morgan fingerprint density at radius 2 is 1.74 bits per heavy atom. The minimum absolute atomic E-state index is 0.493. The molecule has 106 valence electrons. The van der Waals surface area contributed by atoms with Crippen LogP contribution in [0.3, 0.4) is 0 Å². The van der Waals surface area contributed by atoms with Gasteiger partial charge in [-0.25, -0.2) is 8.42 Å². The number of benzene rings is 1. The lowest BCUT2D eigenvalue weighted by Gasteiger charge is -2.36. The summed E-state index contributed by atoms with van der Waals surface area (Å²) in [4.78, 5) is 2.13. The number of sulfonamides is 1. The molecule has 0 spiro atoms. The molecule has 1 N–H and O–H groups in total. The maximum atomic E-state index is 11.5. The zero-order valence-corrected chi connectivity index (χ0v) is 12.1. The highest BCUT2D eigenvalue weighted by Crippen LogP contribution is 2.27. The fraction of sp³-hybridized carbons (Fsp3) is 0.538. The van der Waals surface area contributed by atoms with Crippen molar-refractivity contribution in [3.63, 3.8) is 0 Å². The highest BCUT2D eigenvalue weighted by atomic mass is 32.2. The summed E-state index contributed by atoms with van der Waals surface area (Å²) >= 11 is 0. The van der Waals surface area contributed by atoms with Gasteiger partial charge in [0.15, 0.2) is 0 Å². The second-order valence-corrected chi connectivity index (χ2v) is 6.87. The second-order valence-electron chi connectivity index (χ2n) is 4.88. The van der Waals surface area contributed by atoms with Crippen LogP contribution in [0.1, 0.15) is 18.6 Å². The van der Waals surface area contributed by atoms with E-state index in [2.05, 4.69) is 4.90 Å². The molecule has 5 nitrogen and oxygen atoms in total. The Hall–Kier alpha value is -1.11. The van der Waals surface area contributed by atoms with Crippen LogP contribution in [0.15, 0.2) is 24.3 Å². The van der Waals surface area contributed by atoms with E-state index in [1.165, 1.54) is 10.6 Å². The lowest BCUT2D eigenvalue weighted by atomic mass is 10.1. The smallest absolute Gasteiger partial charge is 0.211 e. The number of piperazine rings is 1. The lowest BCUT2D eigenvalue weighted by Crippen LogP contribution is -2.48. The first-order chi connectivity index (χ1) is 8.89. The van der Waals surface area contributed by atoms with Gasteiger partial charge in [-0.15, -0.1) is 0 Å². The number of aliphatic hydroxyl groups excluding tert-OH is 1. The average molecular weight is 284 g/mol. The van der Waals surface area contributed by atoms with Crippen molar-refractivity contribution in [3.05, 3.63) is 29.8 Å². The summed E-state index contributed by atoms with van der Waals surface area (Å²) in [5.74, 6) is 0. The predicted molar refractivity (Wildman–Crippen MR) is 75.7 cm³/mol. The molecule has 0 amide bonds. The van der Waals surface area contributed by atoms with Gasteiger partial charge in [0, 0.05) is 37.4 Å². The Morgan fingerprint density at radius 1 is 1.16 bits per heavy atom. The molecule has 1 saturated heterocycles. The van der Waals surface area contributed by atoms with E-state index in [1.807, 2.05) is 24.3 Å². The van der Waals surface area contributed by atoms with Crippen LogP contribution in [-0.2, 0) is 10.0 Å². The van der Waals surface area contributed by atoms with Gasteiger partial charge < -0.3 is 10.0 Å². The molecule has 1 aliphatic rings. The number of nitrogens with zero attached hydrogens (tertiary/aromatic N) is 2. The van der Waals surface area contributed by atoms with E-state index in [1.54, 1.807) is 6.92 Å². The van der Waals surface area contributed by atoms with Gasteiger partial charge in [0.1, 0.15) is 0 Å². The molecule has 0 aliphatic carbocycles. The van der Waals surface area contributed by atoms with Gasteiger partial charge in [-0.2, -0.15) is 4.31 Å². The molecule has 19 heavy (non-hydrogen) atoms. The molecule has 0 bridgehead atoms. The van der Waals surface area contributed by atoms with E-state index in [0.29, 0.717) is 26.2 Å². The van der Waals surface area contributed by atoms with E-state index in [4.69, 9.17) is 0 Å². The second kappa shape index (κ2) is 5.48. The number of hydrogen-bond acceptors (Lipinski definition) is 4. The van der Waals surface area contributed by atoms with Crippen LogP contribution in [0.5, 0.6) is 0 Å². The molecule has 0 radical (unpaired) electrons. The van der Waals surface area contributed by atoms with E-state index < -0.39 is 16.1 Å². The van der Waals surface area contributed by atoms with Crippen molar-refractivity contribution in [2.45, 2.75) is 13.0 Å². The van der Waals surface area contributed by atoms with Crippen LogP contribution >= 0.6 is 0 Å². The highest BCUT2D eigenvalue weighted by Gasteiger charge is 2.24. The summed E-state index contributed by atoms with van der Waals surface area (Å²) in [5.41, 5.74) is 1.88. The number of aliphatic hydroxyl groups is 1. The molecule has 0 aromatic heterocycles. The third-order valence-corrected chi connectivity index (χ3v) is 4.74. The van der Waals surface area contributed by atoms with Gasteiger partial charge in [0.25, 0.3) is 0 Å². The van der Waals surface area contributed by atoms with Crippen molar-refractivity contribution in [2.24, 2.45) is 0 Å². The summed E-state index contributed by atoms with van der Waals surface area (Å²) in [6.45, 7) is 4.03. The number of hydrogen-bond donors (Lipinski definition) is 1. The van der Waals surface area contributed by atoms with Crippen LogP contribution in [0.4, 0.5) is 5.69 Å². The minimum atomic E-state index is -3.10. The zero-order valence-electron chi connectivity index (χ0n) is 11.3. The Kier molecular flexibility index (Phi) is 4.13. The van der Waals surface area contributed by atoms with Crippen LogP contribution < -0.4 is 4.90 Å². The van der Waals surface area contributed by atoms with Crippen LogP contribution in [-0.4, -0.2) is 50.3 Å². The van der Waals surface area contributed by atoms with Crippen molar-refractivity contribution < 1.29 is 13.5 Å². The van der Waals surface area contributed by atoms with Crippen molar-refractivity contribution in [1.29, 1.82) is 0 Å². The Balaban J connectivity index is 2.14. The molecular formula is C13H20N2O3S. The fourth-order valence-electron chi connectivity index (χ4n) is 2.39. The Bertz CT molecular complexity index is 535. The Labute approximate surface area is 114 Å². The number of rotatable bonds is 3. The zero-order chi connectivity index (χ0) is 14.0. The summed E-state index contributed by atoms with van der Waals surface area (Å²) in [6.07, 6.45) is 0.719. The molecule has 1 heterocycles. The third-order valence-electron chi connectivity index (χ3n) is 3.44. The van der Waals surface area contributed by atoms with Crippen molar-refractivity contribution in [1.82, 2.24) is 4.31 Å². The SMILES string of the molecule is C[C@@H](O)c1ccccc1N1CCN(S(C)(=O)=O)CC1. The van der Waals surface area contributed by atoms with Crippen LogP contribution in [0.25, 0.3) is 0 Å². The number of para-hydroxylation sites is 1. The molecule has 1 fully saturated rings. The first-order valence-corrected chi connectivity index (χ1v) is 8.21. The maximum absolute atomic E-state index is 11.5. The van der Waals surface area contributed by atoms with Crippen LogP contribution in [0, 0.1) is 0 Å². The maximum Gasteiger partial charge on any atom is 0.211 e. The minimum Gasteiger partial charge on any atom is -0.389 e. The van der Waals surface area contributed by atoms with Gasteiger partial charge in [-0.1, -0.05) is 18.2 Å². The molecule has 2 rings (SSSR count). The van der Waals surface area contributed by atoms with Gasteiger partial charge in [-0.3, -0.25) is 0 Å². The molecule has 1 aromatic carbocycles. The van der Waals surface area contributed by atoms with Gasteiger partial charge in [0.2, 0.25) is 10.0 Å². The van der Waals surface area contributed by atoms with E-state index in [9.17, 15) is 13.5 Å². The third kappa shape index (κ3) is 3.26. The summed E-state index contributed by atoms with van der Waals surface area (Å²) < 4.78 is 24.4. The molecule has 0 saturated carbocycles. The number of anilines is 1. The quantitative estimate of drug-likeness (QED) is 0.893. The standard InChI is InChI=1S/C13H20N2O3S/c1-11(16)12-5-3-4-6-13(12)14-7-9-15(10-8-14)19(2,17)18/h3-6,11,16H,7-10H2,1-2H3/t11-/m1/s1. The first kappa shape index (κ1) is 14.3. The molecule has 0 unspecified atom stereocenters. The van der Waals surface area contributed by atoms with Gasteiger partial charge in [-0.05, 0) is 13.0 Å². The van der Waals surface area contributed by atoms with Gasteiger partial charge >= 0.3 is 0 Å². The normalized spacial score (nSPS) is 19.4. The molecule has 6 heteroatoms. The Morgan fingerprint density at radius 3 is 2.26 bits per heavy atom. The van der Waals surface area contributed by atoms with Crippen molar-refractivity contribution in [2.75, 3.05) is 37.3 Å². The van der Waals surface area contributed by atoms with E-state index >= 15 is 0 Å². The van der Waals surface area contributed by atoms with Crippen molar-refractivity contribution >= 4 is 15.7 Å². The summed E-state index contributed by atoms with van der Waals surface area (Å²) in [5, 5.41) is 9.78. The fourth-order valence-corrected chi connectivity index (χ4v) is 3.22. The largest absolute Gasteiger partial charge is 0.389 e. The van der Waals surface area contributed by atoms with Crippen LogP contribution in [0.2, 0.25) is 0 Å². The van der Waals surface area contributed by atoms with E-state index in [0.717, 1.165) is 11.3 Å². The van der Waals surface area contributed by atoms with Crippen molar-refractivity contribution in [3.8, 4) is 0 Å². The first-order valence-electron chi connectivity index (χ1n) is 6.36. The average Bonchev–Trinajstić information content (AvgIpc) is 2.38. The lowest BCUT2D eigenvalue weighted by molar-refractivity contribution is 0.199. The van der Waals surface area contributed by atoms with Gasteiger partial charge in [0.05, 0.1) is 12.4 Å². The highest BCUT2D eigenvalue weighted by molar-refractivity contribution is 7.88.